The van der Waals surface area contributed by atoms with Crippen LogP contribution >= 0.6 is 11.6 Å². The topological polar surface area (TPSA) is 85.6 Å². The van der Waals surface area contributed by atoms with Crippen LogP contribution in [-0.4, -0.2) is 30.9 Å². The van der Waals surface area contributed by atoms with Gasteiger partial charge in [-0.2, -0.15) is 0 Å². The van der Waals surface area contributed by atoms with Crippen molar-refractivity contribution in [1.29, 1.82) is 0 Å². The number of aromatic nitrogens is 5. The van der Waals surface area contributed by atoms with Gasteiger partial charge >= 0.3 is 0 Å². The number of hydrogen-bond donors (Lipinski definition) is 1. The zero-order valence-corrected chi connectivity index (χ0v) is 14.0. The Balaban J connectivity index is 1.67. The highest BCUT2D eigenvalue weighted by molar-refractivity contribution is 6.31. The lowest BCUT2D eigenvalue weighted by Gasteiger charge is -2.11. The van der Waals surface area contributed by atoms with Crippen LogP contribution in [0.2, 0.25) is 5.02 Å². The molecule has 3 aromatic rings. The first-order valence-electron chi connectivity index (χ1n) is 7.44. The van der Waals surface area contributed by atoms with E-state index < -0.39 is 5.82 Å². The zero-order chi connectivity index (χ0) is 17.8. The molecule has 2 aromatic heterocycles. The molecule has 0 aliphatic carbocycles. The van der Waals surface area contributed by atoms with Gasteiger partial charge in [-0.05, 0) is 30.7 Å². The van der Waals surface area contributed by atoms with Crippen LogP contribution in [0.3, 0.4) is 0 Å². The molecule has 1 aromatic carbocycles. The quantitative estimate of drug-likeness (QED) is 0.755. The van der Waals surface area contributed by atoms with Crippen molar-refractivity contribution in [2.45, 2.75) is 19.5 Å². The average Bonchev–Trinajstić information content (AvgIpc) is 3.07. The lowest BCUT2D eigenvalue weighted by molar-refractivity contribution is 0.0934. The van der Waals surface area contributed by atoms with Crippen molar-refractivity contribution in [1.82, 2.24) is 30.3 Å². The van der Waals surface area contributed by atoms with Gasteiger partial charge in [-0.15, -0.1) is 5.10 Å². The molecule has 0 aliphatic rings. The number of rotatable bonds is 5. The third-order valence-corrected chi connectivity index (χ3v) is 3.87. The van der Waals surface area contributed by atoms with Crippen LogP contribution in [0.1, 0.15) is 34.7 Å². The third-order valence-electron chi connectivity index (χ3n) is 3.51. The Morgan fingerprint density at radius 3 is 2.96 bits per heavy atom. The van der Waals surface area contributed by atoms with Gasteiger partial charge in [0.25, 0.3) is 5.91 Å². The van der Waals surface area contributed by atoms with Gasteiger partial charge in [0.2, 0.25) is 0 Å². The van der Waals surface area contributed by atoms with Gasteiger partial charge in [-0.1, -0.05) is 22.9 Å². The molecule has 9 heteroatoms. The average molecular weight is 361 g/mol. The van der Waals surface area contributed by atoms with Crippen molar-refractivity contribution < 1.29 is 9.18 Å². The Hall–Kier alpha value is -2.87. The van der Waals surface area contributed by atoms with Gasteiger partial charge in [0, 0.05) is 11.2 Å². The van der Waals surface area contributed by atoms with Gasteiger partial charge in [0.05, 0.1) is 24.5 Å². The highest BCUT2D eigenvalue weighted by Gasteiger charge is 2.16. The molecule has 0 aliphatic heterocycles. The smallest absolute Gasteiger partial charge is 0.273 e. The van der Waals surface area contributed by atoms with E-state index in [0.717, 1.165) is 0 Å². The summed E-state index contributed by atoms with van der Waals surface area (Å²) in [7, 11) is 0. The van der Waals surface area contributed by atoms with Gasteiger partial charge in [0.15, 0.2) is 5.69 Å². The molecule has 1 atom stereocenters. The molecule has 0 spiro atoms. The predicted molar refractivity (Wildman–Crippen MR) is 88.4 cm³/mol. The second kappa shape index (κ2) is 7.35. The number of benzene rings is 1. The summed E-state index contributed by atoms with van der Waals surface area (Å²) in [5, 5.41) is 10.8. The second-order valence-electron chi connectivity index (χ2n) is 5.37. The maximum absolute atomic E-state index is 13.1. The highest BCUT2D eigenvalue weighted by atomic mass is 35.5. The van der Waals surface area contributed by atoms with E-state index in [4.69, 9.17) is 11.6 Å². The van der Waals surface area contributed by atoms with Crippen LogP contribution in [0.4, 0.5) is 4.39 Å². The summed E-state index contributed by atoms with van der Waals surface area (Å²) in [5.41, 5.74) is 1.53. The Bertz CT molecular complexity index is 885. The standard InChI is InChI=1S/C16H14ClFN6O/c1-10(14-4-5-19-9-20-14)21-16(25)15-8-24(23-22-15)7-11-2-3-12(18)6-13(11)17/h2-6,8-10H,7H2,1H3,(H,21,25). The maximum Gasteiger partial charge on any atom is 0.273 e. The van der Waals surface area contributed by atoms with E-state index in [1.165, 1.54) is 29.3 Å². The fourth-order valence-corrected chi connectivity index (χ4v) is 2.43. The summed E-state index contributed by atoms with van der Waals surface area (Å²) in [6, 6.07) is 5.53. The van der Waals surface area contributed by atoms with Crippen LogP contribution < -0.4 is 5.32 Å². The molecule has 25 heavy (non-hydrogen) atoms. The molecule has 1 amide bonds. The van der Waals surface area contributed by atoms with Crippen molar-refractivity contribution in [3.8, 4) is 0 Å². The summed E-state index contributed by atoms with van der Waals surface area (Å²) >= 11 is 5.99. The summed E-state index contributed by atoms with van der Waals surface area (Å²) < 4.78 is 14.5. The number of carbonyl (C=O) groups is 1. The number of carbonyl (C=O) groups excluding carboxylic acids is 1. The van der Waals surface area contributed by atoms with E-state index in [0.29, 0.717) is 16.3 Å². The molecule has 128 valence electrons. The first-order valence-corrected chi connectivity index (χ1v) is 7.81. The monoisotopic (exact) mass is 360 g/mol. The van der Waals surface area contributed by atoms with Gasteiger partial charge in [-0.3, -0.25) is 4.79 Å². The number of nitrogens with zero attached hydrogens (tertiary/aromatic N) is 5. The Morgan fingerprint density at radius 1 is 1.40 bits per heavy atom. The van der Waals surface area contributed by atoms with Crippen molar-refractivity contribution >= 4 is 17.5 Å². The third kappa shape index (κ3) is 4.16. The fourth-order valence-electron chi connectivity index (χ4n) is 2.21. The number of amides is 1. The molecule has 0 radical (unpaired) electrons. The van der Waals surface area contributed by atoms with Gasteiger partial charge in [-0.25, -0.2) is 19.0 Å². The van der Waals surface area contributed by atoms with E-state index in [1.807, 2.05) is 6.92 Å². The van der Waals surface area contributed by atoms with E-state index in [1.54, 1.807) is 18.3 Å². The van der Waals surface area contributed by atoms with E-state index in [-0.39, 0.29) is 24.2 Å². The zero-order valence-electron chi connectivity index (χ0n) is 13.2. The molecular weight excluding hydrogens is 347 g/mol. The lowest BCUT2D eigenvalue weighted by atomic mass is 10.2. The highest BCUT2D eigenvalue weighted by Crippen LogP contribution is 2.18. The lowest BCUT2D eigenvalue weighted by Crippen LogP contribution is -2.27. The Labute approximate surface area is 147 Å². The minimum Gasteiger partial charge on any atom is -0.342 e. The fraction of sp³-hybridized carbons (Fsp3) is 0.188. The summed E-state index contributed by atoms with van der Waals surface area (Å²) in [5.74, 6) is -0.784. The maximum atomic E-state index is 13.1. The summed E-state index contributed by atoms with van der Waals surface area (Å²) in [6.07, 6.45) is 4.52. The number of hydrogen-bond acceptors (Lipinski definition) is 5. The molecule has 0 saturated carbocycles. The SMILES string of the molecule is CC(NC(=O)c1cn(Cc2ccc(F)cc2Cl)nn1)c1ccncn1. The van der Waals surface area contributed by atoms with Crippen molar-refractivity contribution in [2.75, 3.05) is 0 Å². The van der Waals surface area contributed by atoms with Crippen LogP contribution in [0.25, 0.3) is 0 Å². The minimum absolute atomic E-state index is 0.166. The van der Waals surface area contributed by atoms with Crippen LogP contribution in [0.15, 0.2) is 43.0 Å². The van der Waals surface area contributed by atoms with Gasteiger partial charge < -0.3 is 5.32 Å². The predicted octanol–water partition coefficient (Wildman–Crippen LogP) is 2.40. The molecular formula is C16H14ClFN6O. The molecule has 0 saturated heterocycles. The molecule has 0 fully saturated rings. The molecule has 1 unspecified atom stereocenters. The first kappa shape index (κ1) is 17.0. The largest absolute Gasteiger partial charge is 0.342 e. The van der Waals surface area contributed by atoms with Crippen LogP contribution in [-0.2, 0) is 6.54 Å². The normalized spacial score (nSPS) is 12.0. The van der Waals surface area contributed by atoms with Crippen LogP contribution in [0.5, 0.6) is 0 Å². The first-order chi connectivity index (χ1) is 12.0. The van der Waals surface area contributed by atoms with Gasteiger partial charge in [0.1, 0.15) is 12.1 Å². The summed E-state index contributed by atoms with van der Waals surface area (Å²) in [6.45, 7) is 2.09. The number of nitrogens with one attached hydrogen (secondary N) is 1. The minimum atomic E-state index is -0.411. The molecule has 2 heterocycles. The van der Waals surface area contributed by atoms with E-state index in [2.05, 4.69) is 25.6 Å². The molecule has 7 nitrogen and oxygen atoms in total. The summed E-state index contributed by atoms with van der Waals surface area (Å²) in [4.78, 5) is 20.2. The second-order valence-corrected chi connectivity index (χ2v) is 5.77. The Morgan fingerprint density at radius 2 is 2.24 bits per heavy atom. The number of halogens is 2. The molecule has 1 N–H and O–H groups in total. The van der Waals surface area contributed by atoms with E-state index in [9.17, 15) is 9.18 Å². The molecule has 0 bridgehead atoms. The van der Waals surface area contributed by atoms with Crippen molar-refractivity contribution in [3.05, 3.63) is 70.8 Å². The Kier molecular flexibility index (Phi) is 4.99. The van der Waals surface area contributed by atoms with E-state index >= 15 is 0 Å². The van der Waals surface area contributed by atoms with Crippen LogP contribution in [0, 0.1) is 5.82 Å². The molecule has 3 rings (SSSR count). The van der Waals surface area contributed by atoms with Crippen molar-refractivity contribution in [3.63, 3.8) is 0 Å². The van der Waals surface area contributed by atoms with Crippen molar-refractivity contribution in [2.24, 2.45) is 0 Å².